The molecule has 0 saturated carbocycles. The summed E-state index contributed by atoms with van der Waals surface area (Å²) in [6.45, 7) is 2.49. The van der Waals surface area contributed by atoms with Gasteiger partial charge in [0.15, 0.2) is 0 Å². The van der Waals surface area contributed by atoms with Gasteiger partial charge in [-0.2, -0.15) is 0 Å². The molecule has 4 rings (SSSR count). The quantitative estimate of drug-likeness (QED) is 0.394. The van der Waals surface area contributed by atoms with Gasteiger partial charge in [-0.25, -0.2) is 0 Å². The standard InChI is InChI=1S/C15H13P.2FH.Ti/c1-16(13-7-3-4-8-13)15-11-10-12-6-2-5-9-14(12)15;;;/h2-3,5-7,9-11H,4H2,1H3;2*1H;/q;;;+2/p-2. The molecule has 0 bridgehead atoms. The molecule has 1 spiro atoms. The van der Waals surface area contributed by atoms with Crippen LogP contribution in [0.5, 0.6) is 0 Å². The fourth-order valence-corrected chi connectivity index (χ4v) is 10.5. The molecule has 0 nitrogen and oxygen atoms in total. The van der Waals surface area contributed by atoms with Crippen molar-refractivity contribution in [2.75, 3.05) is 6.66 Å². The van der Waals surface area contributed by atoms with Crippen LogP contribution in [0.4, 0.5) is 0 Å². The Hall–Kier alpha value is -0.556. The molecule has 0 amide bonds. The second-order valence-corrected chi connectivity index (χ2v) is 10.4. The van der Waals surface area contributed by atoms with Gasteiger partial charge in [0.2, 0.25) is 0 Å². The van der Waals surface area contributed by atoms with E-state index in [1.807, 2.05) is 3.88 Å². The van der Waals surface area contributed by atoms with Crippen molar-refractivity contribution in [3.8, 4) is 0 Å². The van der Waals surface area contributed by atoms with E-state index in [1.54, 1.807) is 10.9 Å². The number of hydrogen-bond donors (Lipinski definition) is 0. The minimum Gasteiger partial charge on any atom is -1.00 e. The number of allylic oxidation sites excluding steroid dienone is 5. The normalized spacial score (nSPS) is 28.4. The van der Waals surface area contributed by atoms with Crippen molar-refractivity contribution >= 4 is 14.0 Å². The van der Waals surface area contributed by atoms with Crippen LogP contribution in [0.1, 0.15) is 17.5 Å². The largest absolute Gasteiger partial charge is 1.00 e. The molecular weight excluding hydrogens is 297 g/mol. The van der Waals surface area contributed by atoms with E-state index in [0.717, 1.165) is 0 Å². The van der Waals surface area contributed by atoms with Gasteiger partial charge in [0.1, 0.15) is 0 Å². The number of fused-ring (bicyclic) bond motifs is 2. The SMILES string of the molecule is CP1C2=[C](CC=C2)[Ti+2][C]12C=Cc1ccccc12.[F-].[F-]. The molecule has 2 unspecified atom stereocenters. The van der Waals surface area contributed by atoms with Crippen LogP contribution in [0.3, 0.4) is 0 Å². The Balaban J connectivity index is 0.000000667. The van der Waals surface area contributed by atoms with E-state index in [0.29, 0.717) is 3.46 Å². The minimum atomic E-state index is -0.0158. The van der Waals surface area contributed by atoms with Crippen molar-refractivity contribution in [2.24, 2.45) is 0 Å². The maximum Gasteiger partial charge on any atom is -1.00 e. The Morgan fingerprint density at radius 3 is 2.74 bits per heavy atom. The summed E-state index contributed by atoms with van der Waals surface area (Å²) in [5.74, 6) is 0. The van der Waals surface area contributed by atoms with Gasteiger partial charge in [-0.15, -0.1) is 0 Å². The summed E-state index contributed by atoms with van der Waals surface area (Å²) >= 11 is -0.0142. The monoisotopic (exact) mass is 310 g/mol. The summed E-state index contributed by atoms with van der Waals surface area (Å²) in [6, 6.07) is 9.01. The fraction of sp³-hybridized carbons (Fsp3) is 0.200. The predicted molar refractivity (Wildman–Crippen MR) is 70.8 cm³/mol. The maximum absolute atomic E-state index is 2.54. The predicted octanol–water partition coefficient (Wildman–Crippen LogP) is -1.75. The molecular formula is C15H13F2PTi. The van der Waals surface area contributed by atoms with Crippen LogP contribution in [0, 0.1) is 0 Å². The third kappa shape index (κ3) is 1.85. The topological polar surface area (TPSA) is 0 Å². The second kappa shape index (κ2) is 5.09. The molecule has 96 valence electrons. The molecule has 1 aliphatic heterocycles. The Morgan fingerprint density at radius 1 is 1.16 bits per heavy atom. The Bertz CT molecular complexity index is 606. The molecule has 19 heavy (non-hydrogen) atoms. The zero-order chi connectivity index (χ0) is 11.5. The van der Waals surface area contributed by atoms with E-state index in [9.17, 15) is 0 Å². The second-order valence-electron chi connectivity index (χ2n) is 4.84. The van der Waals surface area contributed by atoms with Gasteiger partial charge < -0.3 is 9.41 Å². The van der Waals surface area contributed by atoms with Gasteiger partial charge in [-0.1, -0.05) is 0 Å². The molecule has 3 aliphatic rings. The van der Waals surface area contributed by atoms with Gasteiger partial charge in [0, 0.05) is 0 Å². The zero-order valence-corrected chi connectivity index (χ0v) is 13.0. The minimum absolute atomic E-state index is 0. The first-order chi connectivity index (χ1) is 8.31. The third-order valence-electron chi connectivity index (χ3n) is 4.01. The molecule has 1 aromatic rings. The average Bonchev–Trinajstić information content (AvgIpc) is 3.00. The van der Waals surface area contributed by atoms with E-state index in [4.69, 9.17) is 0 Å². The van der Waals surface area contributed by atoms with Crippen LogP contribution in [-0.4, -0.2) is 6.66 Å². The molecule has 0 radical (unpaired) electrons. The van der Waals surface area contributed by atoms with Crippen molar-refractivity contribution < 1.29 is 28.6 Å². The first-order valence-electron chi connectivity index (χ1n) is 6.02. The van der Waals surface area contributed by atoms with Gasteiger partial charge >= 0.3 is 113 Å². The first kappa shape index (κ1) is 14.8. The smallest absolute Gasteiger partial charge is 1.00 e. The van der Waals surface area contributed by atoms with Gasteiger partial charge in [-0.3, -0.25) is 0 Å². The average molecular weight is 310 g/mol. The van der Waals surface area contributed by atoms with Gasteiger partial charge in [-0.05, 0) is 0 Å². The van der Waals surface area contributed by atoms with Crippen LogP contribution in [0.15, 0.2) is 51.7 Å². The molecule has 2 atom stereocenters. The molecule has 1 aromatic carbocycles. The van der Waals surface area contributed by atoms with E-state index in [1.165, 1.54) is 12.0 Å². The molecule has 0 fully saturated rings. The molecule has 4 heteroatoms. The summed E-state index contributed by atoms with van der Waals surface area (Å²) < 4.78 is 2.28. The number of hydrogen-bond acceptors (Lipinski definition) is 0. The van der Waals surface area contributed by atoms with Crippen LogP contribution in [-0.2, 0) is 22.6 Å². The maximum atomic E-state index is 2.54. The third-order valence-corrected chi connectivity index (χ3v) is 11.5. The molecule has 0 N–H and O–H groups in total. The molecule has 1 heterocycles. The van der Waals surface area contributed by atoms with Crippen LogP contribution in [0.25, 0.3) is 6.08 Å². The van der Waals surface area contributed by atoms with Crippen molar-refractivity contribution in [1.29, 1.82) is 0 Å². The van der Waals surface area contributed by atoms with E-state index in [-0.39, 0.29) is 36.5 Å². The van der Waals surface area contributed by atoms with Gasteiger partial charge in [0.25, 0.3) is 0 Å². The number of halogens is 2. The fourth-order valence-electron chi connectivity index (χ4n) is 3.12. The van der Waals surface area contributed by atoms with Crippen molar-refractivity contribution in [3.63, 3.8) is 0 Å². The van der Waals surface area contributed by atoms with Gasteiger partial charge in [0.05, 0.1) is 0 Å². The first-order valence-corrected chi connectivity index (χ1v) is 9.37. The molecule has 0 saturated heterocycles. The molecule has 2 aliphatic carbocycles. The summed E-state index contributed by atoms with van der Waals surface area (Å²) in [7, 11) is -0.0158. The Morgan fingerprint density at radius 2 is 1.95 bits per heavy atom. The summed E-state index contributed by atoms with van der Waals surface area (Å²) in [6.07, 6.45) is 10.9. The summed E-state index contributed by atoms with van der Waals surface area (Å²) in [5, 5.41) is 1.72. The number of benzene rings is 1. The van der Waals surface area contributed by atoms with Crippen molar-refractivity contribution in [3.05, 3.63) is 62.8 Å². The zero-order valence-electron chi connectivity index (χ0n) is 10.5. The summed E-state index contributed by atoms with van der Waals surface area (Å²) in [5.41, 5.74) is 3.09. The van der Waals surface area contributed by atoms with Crippen molar-refractivity contribution in [2.45, 2.75) is 9.88 Å². The van der Waals surface area contributed by atoms with Crippen LogP contribution in [0.2, 0.25) is 0 Å². The van der Waals surface area contributed by atoms with E-state index in [2.05, 4.69) is 55.2 Å². The van der Waals surface area contributed by atoms with E-state index >= 15 is 0 Å². The van der Waals surface area contributed by atoms with Crippen molar-refractivity contribution in [1.82, 2.24) is 0 Å². The Kier molecular flexibility index (Phi) is 3.98. The number of rotatable bonds is 0. The summed E-state index contributed by atoms with van der Waals surface area (Å²) in [4.78, 5) is 0. The molecule has 0 aromatic heterocycles. The van der Waals surface area contributed by atoms with Crippen LogP contribution < -0.4 is 9.41 Å². The Labute approximate surface area is 122 Å². The van der Waals surface area contributed by atoms with E-state index < -0.39 is 0 Å². The van der Waals surface area contributed by atoms with Crippen LogP contribution >= 0.6 is 7.92 Å².